The summed E-state index contributed by atoms with van der Waals surface area (Å²) in [6, 6.07) is 7.51. The lowest BCUT2D eigenvalue weighted by Gasteiger charge is -2.25. The number of hydrogen-bond donors (Lipinski definition) is 0. The summed E-state index contributed by atoms with van der Waals surface area (Å²) in [5.41, 5.74) is 2.92. The van der Waals surface area contributed by atoms with Gasteiger partial charge in [0, 0.05) is 34.4 Å². The van der Waals surface area contributed by atoms with Crippen molar-refractivity contribution in [3.05, 3.63) is 40.5 Å². The Morgan fingerprint density at radius 1 is 1.38 bits per heavy atom. The van der Waals surface area contributed by atoms with Crippen molar-refractivity contribution in [3.63, 3.8) is 0 Å². The van der Waals surface area contributed by atoms with E-state index in [0.29, 0.717) is 29.9 Å². The minimum atomic E-state index is 0.147. The van der Waals surface area contributed by atoms with Crippen molar-refractivity contribution < 1.29 is 9.32 Å². The Hall–Kier alpha value is -1.33. The van der Waals surface area contributed by atoms with E-state index < -0.39 is 0 Å². The van der Waals surface area contributed by atoms with E-state index in [2.05, 4.69) is 21.1 Å². The van der Waals surface area contributed by atoms with Crippen LogP contribution in [0.4, 0.5) is 0 Å². The molecule has 0 fully saturated rings. The Morgan fingerprint density at radius 3 is 2.86 bits per heavy atom. The summed E-state index contributed by atoms with van der Waals surface area (Å²) in [7, 11) is 0. The molecule has 21 heavy (non-hydrogen) atoms. The summed E-state index contributed by atoms with van der Waals surface area (Å²) in [6.45, 7) is 1.24. The molecule has 4 nitrogen and oxygen atoms in total. The molecule has 0 unspecified atom stereocenters. The number of fused-ring (bicyclic) bond motifs is 1. The summed E-state index contributed by atoms with van der Waals surface area (Å²) in [5, 5.41) is 5.51. The van der Waals surface area contributed by atoms with Crippen LogP contribution in [0.1, 0.15) is 17.7 Å². The summed E-state index contributed by atoms with van der Waals surface area (Å²) in [4.78, 5) is 13.8. The normalized spacial score (nSPS) is 14.1. The maximum absolute atomic E-state index is 11.9. The highest BCUT2D eigenvalue weighted by atomic mass is 79.9. The van der Waals surface area contributed by atoms with E-state index in [1.165, 1.54) is 0 Å². The molecule has 3 rings (SSSR count). The van der Waals surface area contributed by atoms with Gasteiger partial charge in [-0.05, 0) is 30.7 Å². The molecule has 1 aromatic heterocycles. The number of rotatable bonds is 3. The number of alkyl halides is 1. The lowest BCUT2D eigenvalue weighted by atomic mass is 10.0. The van der Waals surface area contributed by atoms with Crippen molar-refractivity contribution in [1.29, 1.82) is 0 Å². The van der Waals surface area contributed by atoms with Crippen molar-refractivity contribution in [2.45, 2.75) is 19.4 Å². The largest absolute Gasteiger partial charge is 0.356 e. The number of benzene rings is 1. The zero-order chi connectivity index (χ0) is 14.8. The molecular weight excluding hydrogens is 356 g/mol. The number of halogens is 2. The minimum Gasteiger partial charge on any atom is -0.356 e. The van der Waals surface area contributed by atoms with Crippen LogP contribution in [0.25, 0.3) is 11.3 Å². The van der Waals surface area contributed by atoms with Gasteiger partial charge in [0.2, 0.25) is 5.91 Å². The van der Waals surface area contributed by atoms with Crippen LogP contribution in [0, 0.1) is 0 Å². The van der Waals surface area contributed by atoms with Crippen LogP contribution >= 0.6 is 27.5 Å². The van der Waals surface area contributed by atoms with Gasteiger partial charge in [0.15, 0.2) is 5.76 Å². The Balaban J connectivity index is 1.84. The SMILES string of the molecule is O=C(CCBr)N1CCc2c(noc2-c2ccc(Cl)cc2)C1. The lowest BCUT2D eigenvalue weighted by Crippen LogP contribution is -2.36. The molecule has 0 radical (unpaired) electrons. The van der Waals surface area contributed by atoms with Gasteiger partial charge in [0.1, 0.15) is 5.69 Å². The molecule has 2 aromatic rings. The first-order chi connectivity index (χ1) is 10.2. The van der Waals surface area contributed by atoms with Gasteiger partial charge in [-0.3, -0.25) is 4.79 Å². The van der Waals surface area contributed by atoms with Gasteiger partial charge in [-0.1, -0.05) is 32.7 Å². The molecule has 0 aliphatic carbocycles. The second-order valence-corrected chi connectivity index (χ2v) is 6.18. The van der Waals surface area contributed by atoms with Crippen molar-refractivity contribution >= 4 is 33.4 Å². The van der Waals surface area contributed by atoms with E-state index in [0.717, 1.165) is 29.0 Å². The highest BCUT2D eigenvalue weighted by Gasteiger charge is 2.26. The summed E-state index contributed by atoms with van der Waals surface area (Å²) in [5.74, 6) is 0.933. The van der Waals surface area contributed by atoms with E-state index in [4.69, 9.17) is 16.1 Å². The van der Waals surface area contributed by atoms with Gasteiger partial charge in [-0.2, -0.15) is 0 Å². The first-order valence-electron chi connectivity index (χ1n) is 6.76. The lowest BCUT2D eigenvalue weighted by molar-refractivity contribution is -0.131. The number of hydrogen-bond acceptors (Lipinski definition) is 3. The number of carbonyl (C=O) groups excluding carboxylic acids is 1. The quantitative estimate of drug-likeness (QED) is 0.776. The van der Waals surface area contributed by atoms with Gasteiger partial charge < -0.3 is 9.42 Å². The molecule has 0 saturated carbocycles. The minimum absolute atomic E-state index is 0.147. The molecule has 0 spiro atoms. The van der Waals surface area contributed by atoms with Crippen LogP contribution in [-0.4, -0.2) is 27.8 Å². The first-order valence-corrected chi connectivity index (χ1v) is 8.26. The Labute approximate surface area is 136 Å². The number of amides is 1. The van der Waals surface area contributed by atoms with Gasteiger partial charge in [-0.25, -0.2) is 0 Å². The maximum atomic E-state index is 11.9. The van der Waals surface area contributed by atoms with Gasteiger partial charge >= 0.3 is 0 Å². The third-order valence-corrected chi connectivity index (χ3v) is 4.26. The van der Waals surface area contributed by atoms with Gasteiger partial charge in [0.25, 0.3) is 0 Å². The molecule has 1 aliphatic heterocycles. The molecule has 6 heteroatoms. The van der Waals surface area contributed by atoms with Gasteiger partial charge in [0.05, 0.1) is 6.54 Å². The Kier molecular flexibility index (Phi) is 4.31. The van der Waals surface area contributed by atoms with Crippen molar-refractivity contribution in [2.75, 3.05) is 11.9 Å². The average molecular weight is 370 g/mol. The summed E-state index contributed by atoms with van der Waals surface area (Å²) in [6.07, 6.45) is 1.28. The molecule has 1 aromatic carbocycles. The molecule has 1 aliphatic rings. The second kappa shape index (κ2) is 6.20. The van der Waals surface area contributed by atoms with Crippen LogP contribution < -0.4 is 0 Å². The van der Waals surface area contributed by atoms with Crippen LogP contribution in [0.2, 0.25) is 5.02 Å². The predicted octanol–water partition coefficient (Wildman–Crippen LogP) is 3.66. The molecular formula is C15H14BrClN2O2. The van der Waals surface area contributed by atoms with E-state index in [-0.39, 0.29) is 5.91 Å². The predicted molar refractivity (Wildman–Crippen MR) is 84.5 cm³/mol. The zero-order valence-electron chi connectivity index (χ0n) is 11.3. The highest BCUT2D eigenvalue weighted by Crippen LogP contribution is 2.31. The summed E-state index contributed by atoms with van der Waals surface area (Å²) >= 11 is 9.20. The fourth-order valence-corrected chi connectivity index (χ4v) is 2.98. The molecule has 0 saturated heterocycles. The standard InChI is InChI=1S/C15H14BrClN2O2/c16-7-5-14(20)19-8-6-12-13(9-19)18-21-15(12)10-1-3-11(17)4-2-10/h1-4H,5-9H2. The molecule has 0 N–H and O–H groups in total. The van der Waals surface area contributed by atoms with Crippen LogP contribution in [0.5, 0.6) is 0 Å². The van der Waals surface area contributed by atoms with Crippen molar-refractivity contribution in [2.24, 2.45) is 0 Å². The number of nitrogens with zero attached hydrogens (tertiary/aromatic N) is 2. The molecule has 0 atom stereocenters. The number of aromatic nitrogens is 1. The summed E-state index contributed by atoms with van der Waals surface area (Å²) < 4.78 is 5.49. The second-order valence-electron chi connectivity index (χ2n) is 4.95. The fraction of sp³-hybridized carbons (Fsp3) is 0.333. The Bertz CT molecular complexity index is 654. The highest BCUT2D eigenvalue weighted by molar-refractivity contribution is 9.09. The van der Waals surface area contributed by atoms with Crippen molar-refractivity contribution in [3.8, 4) is 11.3 Å². The average Bonchev–Trinajstić information content (AvgIpc) is 2.91. The maximum Gasteiger partial charge on any atom is 0.223 e. The zero-order valence-corrected chi connectivity index (χ0v) is 13.7. The van der Waals surface area contributed by atoms with Crippen molar-refractivity contribution in [1.82, 2.24) is 10.1 Å². The van der Waals surface area contributed by atoms with E-state index in [9.17, 15) is 4.79 Å². The fourth-order valence-electron chi connectivity index (χ4n) is 2.51. The third kappa shape index (κ3) is 2.99. The molecule has 1 amide bonds. The van der Waals surface area contributed by atoms with Gasteiger partial charge in [-0.15, -0.1) is 0 Å². The van der Waals surface area contributed by atoms with Crippen LogP contribution in [-0.2, 0) is 17.8 Å². The van der Waals surface area contributed by atoms with E-state index in [1.54, 1.807) is 0 Å². The molecule has 0 bridgehead atoms. The topological polar surface area (TPSA) is 46.3 Å². The van der Waals surface area contributed by atoms with E-state index in [1.807, 2.05) is 29.2 Å². The monoisotopic (exact) mass is 368 g/mol. The Morgan fingerprint density at radius 2 is 2.14 bits per heavy atom. The smallest absolute Gasteiger partial charge is 0.223 e. The first kappa shape index (κ1) is 14.6. The van der Waals surface area contributed by atoms with Crippen LogP contribution in [0.3, 0.4) is 0 Å². The van der Waals surface area contributed by atoms with Crippen LogP contribution in [0.15, 0.2) is 28.8 Å². The number of carbonyl (C=O) groups is 1. The third-order valence-electron chi connectivity index (χ3n) is 3.61. The molecule has 110 valence electrons. The molecule has 2 heterocycles. The van der Waals surface area contributed by atoms with E-state index >= 15 is 0 Å².